The van der Waals surface area contributed by atoms with Crippen molar-refractivity contribution in [2.24, 2.45) is 5.41 Å². The predicted molar refractivity (Wildman–Crippen MR) is 229 cm³/mol. The number of hydrogen-bond donors (Lipinski definition) is 1. The minimum atomic E-state index is -4.28. The second-order valence-electron chi connectivity index (χ2n) is 15.3. The standard InChI is InChI=1S/C42H45ClIN5O5S.CO2/c1-6-7-20-47(22-19-42(3,4)5)41(52)38-37(43)27(2)49(45-38)36-17-14-30(25-35(36)40(51)48-21-18-28-10-8-9-11-31(28)26-48)39(50)46-55(53,54)34-16-13-29-12-15-33(44)23-32(29)24-34;2-1-3/h8-17,23-25H,6-7,18-22,26H2,1-5H3,(H,46,50);. The summed E-state index contributed by atoms with van der Waals surface area (Å²) in [6, 6.07) is 22.7. The molecule has 1 aliphatic rings. The maximum absolute atomic E-state index is 14.5. The molecule has 0 aliphatic carbocycles. The quantitative estimate of drug-likeness (QED) is 0.131. The number of rotatable bonds is 11. The molecule has 3 amide bonds. The van der Waals surface area contributed by atoms with Crippen molar-refractivity contribution in [2.45, 2.75) is 71.7 Å². The molecule has 0 radical (unpaired) electrons. The number of nitrogens with zero attached hydrogens (tertiary/aromatic N) is 4. The molecule has 0 fully saturated rings. The Morgan fingerprint density at radius 2 is 1.64 bits per heavy atom. The highest BCUT2D eigenvalue weighted by atomic mass is 127. The molecule has 12 nitrogen and oxygen atoms in total. The van der Waals surface area contributed by atoms with Gasteiger partial charge in [-0.25, -0.2) is 17.8 Å². The molecule has 15 heteroatoms. The van der Waals surface area contributed by atoms with Gasteiger partial charge >= 0.3 is 6.15 Å². The summed E-state index contributed by atoms with van der Waals surface area (Å²) in [5.41, 5.74) is 3.08. The zero-order valence-corrected chi connectivity index (χ0v) is 36.7. The van der Waals surface area contributed by atoms with Crippen LogP contribution in [0.15, 0.2) is 83.8 Å². The molecule has 2 heterocycles. The number of sulfonamides is 1. The van der Waals surface area contributed by atoms with Crippen molar-refractivity contribution in [1.82, 2.24) is 24.3 Å². The van der Waals surface area contributed by atoms with E-state index in [1.807, 2.05) is 42.5 Å². The Bertz CT molecular complexity index is 2510. The van der Waals surface area contributed by atoms with Crippen LogP contribution in [0.2, 0.25) is 5.02 Å². The lowest BCUT2D eigenvalue weighted by molar-refractivity contribution is -0.191. The van der Waals surface area contributed by atoms with Crippen molar-refractivity contribution in [1.29, 1.82) is 0 Å². The fourth-order valence-electron chi connectivity index (χ4n) is 6.61. The number of nitrogens with one attached hydrogen (secondary N) is 1. The normalized spacial score (nSPS) is 12.6. The van der Waals surface area contributed by atoms with Gasteiger partial charge in [-0.3, -0.25) is 14.4 Å². The first-order chi connectivity index (χ1) is 27.5. The van der Waals surface area contributed by atoms with Gasteiger partial charge in [0.2, 0.25) is 0 Å². The van der Waals surface area contributed by atoms with Gasteiger partial charge < -0.3 is 9.80 Å². The summed E-state index contributed by atoms with van der Waals surface area (Å²) in [4.78, 5) is 61.9. The van der Waals surface area contributed by atoms with E-state index in [1.54, 1.807) is 28.9 Å². The molecular formula is C43H45ClIN5O7S. The van der Waals surface area contributed by atoms with E-state index in [2.05, 4.69) is 55.0 Å². The first kappa shape index (κ1) is 44.2. The Balaban J connectivity index is 0.00000207. The SMILES string of the molecule is CCCCN(CCC(C)(C)C)C(=O)c1nn(-c2ccc(C(=O)NS(=O)(=O)c3ccc4ccc(I)cc4c3)cc2C(=O)N2CCc3ccccc3C2)c(C)c1Cl.O=C=O. The number of hydrogen-bond acceptors (Lipinski definition) is 8. The van der Waals surface area contributed by atoms with E-state index in [4.69, 9.17) is 26.3 Å². The molecule has 5 aromatic rings. The minimum Gasteiger partial charge on any atom is -0.337 e. The van der Waals surface area contributed by atoms with E-state index in [9.17, 15) is 22.8 Å². The van der Waals surface area contributed by atoms with Crippen molar-refractivity contribution in [3.63, 3.8) is 0 Å². The van der Waals surface area contributed by atoms with Crippen LogP contribution in [-0.4, -0.2) is 71.5 Å². The topological polar surface area (TPSA) is 156 Å². The summed E-state index contributed by atoms with van der Waals surface area (Å²) in [7, 11) is -4.28. The van der Waals surface area contributed by atoms with Crippen LogP contribution in [0, 0.1) is 15.9 Å². The fourth-order valence-corrected chi connectivity index (χ4v) is 8.34. The number of fused-ring (bicyclic) bond motifs is 2. The second kappa shape index (κ2) is 18.8. The van der Waals surface area contributed by atoms with Gasteiger partial charge in [-0.1, -0.05) is 82.1 Å². The number of amides is 3. The van der Waals surface area contributed by atoms with Crippen LogP contribution in [0.3, 0.4) is 0 Å². The number of halogens is 2. The number of carbonyl (C=O) groups excluding carboxylic acids is 5. The molecule has 0 atom stereocenters. The van der Waals surface area contributed by atoms with E-state index >= 15 is 0 Å². The largest absolute Gasteiger partial charge is 0.373 e. The lowest BCUT2D eigenvalue weighted by Crippen LogP contribution is -2.37. The number of benzene rings is 4. The maximum atomic E-state index is 14.5. The summed E-state index contributed by atoms with van der Waals surface area (Å²) in [6.45, 7) is 12.1. The zero-order valence-electron chi connectivity index (χ0n) is 33.0. The summed E-state index contributed by atoms with van der Waals surface area (Å²) >= 11 is 9.02. The molecule has 304 valence electrons. The van der Waals surface area contributed by atoms with Crippen LogP contribution in [0.25, 0.3) is 16.5 Å². The average Bonchev–Trinajstić information content (AvgIpc) is 3.49. The van der Waals surface area contributed by atoms with E-state index < -0.39 is 15.9 Å². The third kappa shape index (κ3) is 10.4. The second-order valence-corrected chi connectivity index (χ2v) is 18.6. The summed E-state index contributed by atoms with van der Waals surface area (Å²) in [5.74, 6) is -1.57. The van der Waals surface area contributed by atoms with Crippen LogP contribution in [0.1, 0.15) is 95.0 Å². The van der Waals surface area contributed by atoms with Gasteiger partial charge in [0, 0.05) is 35.3 Å². The van der Waals surface area contributed by atoms with E-state index in [0.29, 0.717) is 44.0 Å². The van der Waals surface area contributed by atoms with Gasteiger partial charge in [0.05, 0.1) is 26.9 Å². The Morgan fingerprint density at radius 3 is 2.33 bits per heavy atom. The summed E-state index contributed by atoms with van der Waals surface area (Å²) < 4.78 is 31.6. The first-order valence-corrected chi connectivity index (χ1v) is 21.7. The number of unbranched alkanes of at least 4 members (excludes halogenated alkanes) is 1. The third-order valence-electron chi connectivity index (χ3n) is 9.89. The average molecular weight is 938 g/mol. The van der Waals surface area contributed by atoms with Crippen molar-refractivity contribution in [3.05, 3.63) is 121 Å². The molecule has 0 unspecified atom stereocenters. The molecular weight excluding hydrogens is 893 g/mol. The molecule has 1 aliphatic heterocycles. The lowest BCUT2D eigenvalue weighted by Gasteiger charge is -2.29. The Morgan fingerprint density at radius 1 is 0.948 bits per heavy atom. The fraction of sp³-hybridized carbons (Fsp3) is 0.326. The van der Waals surface area contributed by atoms with Crippen LogP contribution < -0.4 is 4.72 Å². The Kier molecular flexibility index (Phi) is 14.3. The molecule has 1 N–H and O–H groups in total. The van der Waals surface area contributed by atoms with Crippen LogP contribution in [0.4, 0.5) is 0 Å². The summed E-state index contributed by atoms with van der Waals surface area (Å²) in [5, 5.41) is 6.46. The lowest BCUT2D eigenvalue weighted by atomic mass is 9.92. The van der Waals surface area contributed by atoms with Crippen LogP contribution in [-0.2, 0) is 32.6 Å². The predicted octanol–water partition coefficient (Wildman–Crippen LogP) is 8.00. The zero-order chi connectivity index (χ0) is 42.4. The van der Waals surface area contributed by atoms with Crippen molar-refractivity contribution in [2.75, 3.05) is 19.6 Å². The van der Waals surface area contributed by atoms with Gasteiger partial charge in [-0.2, -0.15) is 14.7 Å². The minimum absolute atomic E-state index is 0.00966. The summed E-state index contributed by atoms with van der Waals surface area (Å²) in [6.07, 6.45) is 3.42. The van der Waals surface area contributed by atoms with Gasteiger partial charge in [0.15, 0.2) is 5.69 Å². The van der Waals surface area contributed by atoms with Crippen LogP contribution in [0.5, 0.6) is 0 Å². The molecule has 0 saturated heterocycles. The molecule has 0 spiro atoms. The molecule has 58 heavy (non-hydrogen) atoms. The molecule has 0 bridgehead atoms. The molecule has 0 saturated carbocycles. The Labute approximate surface area is 357 Å². The van der Waals surface area contributed by atoms with Crippen molar-refractivity contribution >= 4 is 78.9 Å². The number of carbonyl (C=O) groups is 3. The first-order valence-electron chi connectivity index (χ1n) is 18.8. The highest BCUT2D eigenvalue weighted by Crippen LogP contribution is 2.30. The van der Waals surface area contributed by atoms with Crippen molar-refractivity contribution in [3.8, 4) is 5.69 Å². The van der Waals surface area contributed by atoms with Gasteiger partial charge in [0.1, 0.15) is 0 Å². The highest BCUT2D eigenvalue weighted by molar-refractivity contribution is 14.1. The van der Waals surface area contributed by atoms with Gasteiger partial charge in [-0.15, -0.1) is 0 Å². The number of aromatic nitrogens is 2. The van der Waals surface area contributed by atoms with E-state index in [-0.39, 0.29) is 50.1 Å². The maximum Gasteiger partial charge on any atom is 0.373 e. The molecule has 4 aromatic carbocycles. The third-order valence-corrected chi connectivity index (χ3v) is 12.3. The highest BCUT2D eigenvalue weighted by Gasteiger charge is 2.30. The molecule has 1 aromatic heterocycles. The van der Waals surface area contributed by atoms with Crippen LogP contribution >= 0.6 is 34.2 Å². The molecule has 6 rings (SSSR count). The van der Waals surface area contributed by atoms with Crippen molar-refractivity contribution < 1.29 is 32.4 Å². The van der Waals surface area contributed by atoms with E-state index in [1.165, 1.54) is 28.9 Å². The van der Waals surface area contributed by atoms with Gasteiger partial charge in [-0.05, 0) is 119 Å². The smallest absolute Gasteiger partial charge is 0.337 e. The van der Waals surface area contributed by atoms with Gasteiger partial charge in [0.25, 0.3) is 27.7 Å². The van der Waals surface area contributed by atoms with E-state index in [0.717, 1.165) is 44.7 Å². The monoisotopic (exact) mass is 937 g/mol. The Hall–Kier alpha value is -4.89.